The smallest absolute Gasteiger partial charge is 0.274 e. The summed E-state index contributed by atoms with van der Waals surface area (Å²) in [5.41, 5.74) is -0.559. The number of hydrogen-bond acceptors (Lipinski definition) is 6. The van der Waals surface area contributed by atoms with E-state index in [-0.39, 0.29) is 11.5 Å². The van der Waals surface area contributed by atoms with E-state index in [1.165, 1.54) is 11.3 Å². The van der Waals surface area contributed by atoms with Crippen molar-refractivity contribution in [2.45, 2.75) is 11.5 Å². The van der Waals surface area contributed by atoms with E-state index in [9.17, 15) is 14.4 Å². The molecule has 0 bridgehead atoms. The normalized spacial score (nSPS) is 19.4. The summed E-state index contributed by atoms with van der Waals surface area (Å²) in [5, 5.41) is 5.79. The molecular weight excluding hydrogens is 374 g/mol. The van der Waals surface area contributed by atoms with Crippen molar-refractivity contribution in [3.63, 3.8) is 0 Å². The summed E-state index contributed by atoms with van der Waals surface area (Å²) in [6.07, 6.45) is 0. The van der Waals surface area contributed by atoms with Gasteiger partial charge in [-0.25, -0.2) is 0 Å². The lowest BCUT2D eigenvalue weighted by molar-refractivity contribution is 0.00129. The Balaban J connectivity index is 1.69. The van der Waals surface area contributed by atoms with Crippen LogP contribution in [0.25, 0.3) is 0 Å². The van der Waals surface area contributed by atoms with Crippen molar-refractivity contribution in [3.8, 4) is 0 Å². The third-order valence-corrected chi connectivity index (χ3v) is 6.04. The fourth-order valence-corrected chi connectivity index (χ4v) is 4.56. The van der Waals surface area contributed by atoms with Crippen LogP contribution in [-0.2, 0) is 4.84 Å². The fourth-order valence-electron chi connectivity index (χ4n) is 3.89. The van der Waals surface area contributed by atoms with Crippen LogP contribution in [0.1, 0.15) is 41.9 Å². The lowest BCUT2D eigenvalue weighted by Gasteiger charge is -2.26. The highest BCUT2D eigenvalue weighted by Gasteiger charge is 2.66. The monoisotopic (exact) mass is 387 g/mol. The van der Waals surface area contributed by atoms with Gasteiger partial charge in [-0.15, -0.1) is 11.3 Å². The molecule has 1 spiro atoms. The van der Waals surface area contributed by atoms with Crippen LogP contribution in [0.15, 0.2) is 77.3 Å². The number of thiophene rings is 1. The van der Waals surface area contributed by atoms with E-state index in [0.717, 1.165) is 0 Å². The average molecular weight is 387 g/mol. The van der Waals surface area contributed by atoms with Crippen molar-refractivity contribution >= 4 is 34.4 Å². The number of fused-ring (bicyclic) bond motifs is 1. The Morgan fingerprint density at radius 1 is 0.893 bits per heavy atom. The third kappa shape index (κ3) is 2.12. The summed E-state index contributed by atoms with van der Waals surface area (Å²) in [7, 11) is 0. The van der Waals surface area contributed by atoms with Crippen LogP contribution in [0.3, 0.4) is 0 Å². The fraction of sp³-hybridized carbons (Fsp3) is 0.0909. The molecule has 136 valence electrons. The second-order valence-corrected chi connectivity index (χ2v) is 7.61. The summed E-state index contributed by atoms with van der Waals surface area (Å²) in [6.45, 7) is 0. The number of carbonyl (C=O) groups excluding carboxylic acids is 3. The molecule has 5 rings (SSSR count). The molecule has 0 radical (unpaired) electrons. The molecule has 0 amide bonds. The van der Waals surface area contributed by atoms with Crippen molar-refractivity contribution in [1.29, 1.82) is 0 Å². The minimum absolute atomic E-state index is 0.0724. The van der Waals surface area contributed by atoms with Crippen LogP contribution in [0, 0.1) is 0 Å². The Morgan fingerprint density at radius 2 is 1.54 bits per heavy atom. The SMILES string of the molecule is O=C(C1=NOC2(C(=O)c3ccccc3C2=O)[C@@H]1c1ccccc1)c1cccs1. The number of carbonyl (C=O) groups is 3. The van der Waals surface area contributed by atoms with E-state index in [2.05, 4.69) is 5.16 Å². The standard InChI is InChI=1S/C22H13NO4S/c24-19(16-11-6-12-28-16)18-17(13-7-2-1-3-8-13)22(27-23-18)20(25)14-9-4-5-10-15(14)21(22)26/h1-12,17H/t17-/m1/s1. The first-order valence-corrected chi connectivity index (χ1v) is 9.60. The quantitative estimate of drug-likeness (QED) is 0.504. The molecule has 0 saturated carbocycles. The first kappa shape index (κ1) is 16.8. The van der Waals surface area contributed by atoms with E-state index < -0.39 is 23.1 Å². The van der Waals surface area contributed by atoms with Gasteiger partial charge in [0.2, 0.25) is 17.3 Å². The molecule has 1 aromatic heterocycles. The first-order chi connectivity index (χ1) is 13.6. The largest absolute Gasteiger partial charge is 0.371 e. The zero-order valence-corrected chi connectivity index (χ0v) is 15.3. The van der Waals surface area contributed by atoms with Gasteiger partial charge in [0.1, 0.15) is 5.71 Å². The van der Waals surface area contributed by atoms with Gasteiger partial charge in [-0.3, -0.25) is 14.4 Å². The maximum Gasteiger partial charge on any atom is 0.274 e. The average Bonchev–Trinajstić information content (AvgIpc) is 3.45. The van der Waals surface area contributed by atoms with Gasteiger partial charge in [-0.2, -0.15) is 0 Å². The number of nitrogens with zero attached hydrogens (tertiary/aromatic N) is 1. The molecule has 2 aliphatic rings. The van der Waals surface area contributed by atoms with Crippen molar-refractivity contribution < 1.29 is 19.2 Å². The number of oxime groups is 1. The van der Waals surface area contributed by atoms with E-state index in [0.29, 0.717) is 21.6 Å². The lowest BCUT2D eigenvalue weighted by Crippen LogP contribution is -2.48. The van der Waals surface area contributed by atoms with E-state index in [1.807, 2.05) is 6.07 Å². The molecule has 1 atom stereocenters. The second kappa shape index (κ2) is 6.07. The Bertz CT molecular complexity index is 1110. The third-order valence-electron chi connectivity index (χ3n) is 5.17. The van der Waals surface area contributed by atoms with Crippen LogP contribution < -0.4 is 0 Å². The predicted octanol–water partition coefficient (Wildman–Crippen LogP) is 3.92. The van der Waals surface area contributed by atoms with Crippen molar-refractivity contribution in [2.75, 3.05) is 0 Å². The number of rotatable bonds is 3. The molecule has 2 aromatic carbocycles. The predicted molar refractivity (Wildman–Crippen MR) is 104 cm³/mol. The summed E-state index contributed by atoms with van der Waals surface area (Å²) in [6, 6.07) is 19.1. The molecule has 0 saturated heterocycles. The van der Waals surface area contributed by atoms with Gasteiger partial charge >= 0.3 is 0 Å². The highest BCUT2D eigenvalue weighted by Crippen LogP contribution is 2.47. The van der Waals surface area contributed by atoms with E-state index in [1.54, 1.807) is 66.0 Å². The van der Waals surface area contributed by atoms with Gasteiger partial charge in [0.05, 0.1) is 10.8 Å². The number of ketones is 3. The molecular formula is C22H13NO4S. The van der Waals surface area contributed by atoms with Gasteiger partial charge in [-0.1, -0.05) is 65.8 Å². The van der Waals surface area contributed by atoms with Gasteiger partial charge in [0, 0.05) is 11.1 Å². The van der Waals surface area contributed by atoms with E-state index >= 15 is 0 Å². The highest BCUT2D eigenvalue weighted by atomic mass is 32.1. The second-order valence-electron chi connectivity index (χ2n) is 6.66. The van der Waals surface area contributed by atoms with Crippen LogP contribution >= 0.6 is 11.3 Å². The Labute approximate surface area is 164 Å². The summed E-state index contributed by atoms with van der Waals surface area (Å²) in [4.78, 5) is 45.8. The van der Waals surface area contributed by atoms with Crippen LogP contribution in [0.2, 0.25) is 0 Å². The zero-order chi connectivity index (χ0) is 19.3. The number of benzene rings is 2. The summed E-state index contributed by atoms with van der Waals surface area (Å²) in [5.74, 6) is -2.16. The van der Waals surface area contributed by atoms with Crippen molar-refractivity contribution in [3.05, 3.63) is 93.7 Å². The van der Waals surface area contributed by atoms with Crippen LogP contribution in [-0.4, -0.2) is 28.7 Å². The lowest BCUT2D eigenvalue weighted by atomic mass is 9.75. The molecule has 2 heterocycles. The number of Topliss-reactive ketones (excluding diaryl/α,β-unsaturated/α-hetero) is 3. The van der Waals surface area contributed by atoms with Crippen LogP contribution in [0.5, 0.6) is 0 Å². The molecule has 28 heavy (non-hydrogen) atoms. The minimum Gasteiger partial charge on any atom is -0.371 e. The molecule has 3 aromatic rings. The molecule has 1 aliphatic heterocycles. The maximum atomic E-state index is 13.3. The van der Waals surface area contributed by atoms with Gasteiger partial charge in [0.15, 0.2) is 0 Å². The van der Waals surface area contributed by atoms with Crippen molar-refractivity contribution in [1.82, 2.24) is 0 Å². The highest BCUT2D eigenvalue weighted by molar-refractivity contribution is 7.13. The Morgan fingerprint density at radius 3 is 2.14 bits per heavy atom. The Hall–Kier alpha value is -3.38. The summed E-state index contributed by atoms with van der Waals surface area (Å²) < 4.78 is 0. The van der Waals surface area contributed by atoms with E-state index in [4.69, 9.17) is 4.84 Å². The Kier molecular flexibility index (Phi) is 3.64. The zero-order valence-electron chi connectivity index (χ0n) is 14.5. The molecule has 5 nitrogen and oxygen atoms in total. The van der Waals surface area contributed by atoms with Gasteiger partial charge in [0.25, 0.3) is 5.60 Å². The summed E-state index contributed by atoms with van der Waals surface area (Å²) >= 11 is 1.28. The molecule has 0 fully saturated rings. The molecule has 1 aliphatic carbocycles. The topological polar surface area (TPSA) is 72.8 Å². The number of hydrogen-bond donors (Lipinski definition) is 0. The van der Waals surface area contributed by atoms with Gasteiger partial charge in [-0.05, 0) is 17.0 Å². The molecule has 6 heteroatoms. The van der Waals surface area contributed by atoms with Crippen LogP contribution in [0.4, 0.5) is 0 Å². The van der Waals surface area contributed by atoms with Gasteiger partial charge < -0.3 is 4.84 Å². The first-order valence-electron chi connectivity index (χ1n) is 8.72. The molecule has 0 N–H and O–H groups in total. The molecule has 0 unspecified atom stereocenters. The minimum atomic E-state index is -1.87. The van der Waals surface area contributed by atoms with Crippen molar-refractivity contribution in [2.24, 2.45) is 5.16 Å². The maximum absolute atomic E-state index is 13.3.